The number of hydrogen-bond donors (Lipinski definition) is 3. The second-order valence-electron chi connectivity index (χ2n) is 8.72. The van der Waals surface area contributed by atoms with E-state index < -0.39 is 12.3 Å². The van der Waals surface area contributed by atoms with E-state index in [2.05, 4.69) is 30.8 Å². The van der Waals surface area contributed by atoms with E-state index in [1.807, 2.05) is 36.1 Å². The first kappa shape index (κ1) is 22.6. The molecule has 3 heterocycles. The normalized spacial score (nSPS) is 16.7. The summed E-state index contributed by atoms with van der Waals surface area (Å²) in [6.45, 7) is 1.88. The first-order chi connectivity index (χ1) is 16.4. The fourth-order valence-corrected chi connectivity index (χ4v) is 4.70. The van der Waals surface area contributed by atoms with E-state index in [4.69, 9.17) is 0 Å². The average molecular weight is 486 g/mol. The zero-order valence-corrected chi connectivity index (χ0v) is 19.5. The maximum Gasteiger partial charge on any atom is 0.227 e. The summed E-state index contributed by atoms with van der Waals surface area (Å²) in [4.78, 5) is 23.7. The summed E-state index contributed by atoms with van der Waals surface area (Å²) in [5, 5.41) is 13.4. The van der Waals surface area contributed by atoms with Crippen LogP contribution in [0.5, 0.6) is 0 Å². The van der Waals surface area contributed by atoms with Crippen LogP contribution in [0.1, 0.15) is 25.0 Å². The molecule has 1 aliphatic carbocycles. The summed E-state index contributed by atoms with van der Waals surface area (Å²) in [5.74, 6) is 1.75. The van der Waals surface area contributed by atoms with E-state index in [1.165, 1.54) is 11.8 Å². The fourth-order valence-electron chi connectivity index (χ4n) is 3.94. The summed E-state index contributed by atoms with van der Waals surface area (Å²) in [6.07, 6.45) is 1.76. The number of anilines is 4. The molecule has 1 aliphatic heterocycles. The van der Waals surface area contributed by atoms with Crippen molar-refractivity contribution in [2.45, 2.75) is 41.9 Å². The first-order valence-corrected chi connectivity index (χ1v) is 12.0. The van der Waals surface area contributed by atoms with Gasteiger partial charge in [0, 0.05) is 22.7 Å². The van der Waals surface area contributed by atoms with Crippen molar-refractivity contribution < 1.29 is 13.6 Å². The van der Waals surface area contributed by atoms with Gasteiger partial charge in [0.1, 0.15) is 23.1 Å². The molecule has 0 atom stereocenters. The highest BCUT2D eigenvalue weighted by Gasteiger charge is 2.54. The number of carbonyl (C=O) groups is 1. The minimum atomic E-state index is -1.12. The lowest BCUT2D eigenvalue weighted by atomic mass is 9.91. The number of carbonyl (C=O) groups excluding carboxylic acids is 1. The number of H-pyrrole nitrogens is 1. The molecule has 0 radical (unpaired) electrons. The molecular weight excluding hydrogens is 460 g/mol. The number of nitrogens with zero attached hydrogens (tertiary/aromatic N) is 4. The van der Waals surface area contributed by atoms with Crippen LogP contribution >= 0.6 is 11.8 Å². The zero-order valence-electron chi connectivity index (χ0n) is 18.6. The van der Waals surface area contributed by atoms with E-state index in [0.29, 0.717) is 41.4 Å². The molecule has 8 nitrogen and oxygen atoms in total. The largest absolute Gasteiger partial charge is 0.350 e. The minimum Gasteiger partial charge on any atom is -0.350 e. The van der Waals surface area contributed by atoms with Crippen LogP contribution < -0.4 is 15.5 Å². The first-order valence-electron chi connectivity index (χ1n) is 11.2. The number of rotatable bonds is 9. The van der Waals surface area contributed by atoms with Gasteiger partial charge < -0.3 is 15.5 Å². The molecule has 3 N–H and O–H groups in total. The van der Waals surface area contributed by atoms with E-state index in [1.54, 1.807) is 12.1 Å². The third-order valence-electron chi connectivity index (χ3n) is 5.87. The Bertz CT molecular complexity index is 1180. The number of benzene rings is 1. The van der Waals surface area contributed by atoms with Crippen LogP contribution in [-0.2, 0) is 4.79 Å². The van der Waals surface area contributed by atoms with Gasteiger partial charge in [-0.2, -0.15) is 5.10 Å². The third kappa shape index (κ3) is 5.14. The second kappa shape index (κ2) is 9.21. The molecular formula is C23H25F2N7OS. The molecule has 3 aromatic rings. The quantitative estimate of drug-likeness (QED) is 0.380. The highest BCUT2D eigenvalue weighted by atomic mass is 32.2. The molecule has 1 aromatic carbocycles. The SMILES string of the molecule is Cc1cc(Nc2cc(N3CC(F)(C4CC4)C3)nc(Sc3ccc(NC(=O)CCF)cc3)n2)[nH]n1. The van der Waals surface area contributed by atoms with E-state index in [0.717, 1.165) is 23.4 Å². The number of aromatic nitrogens is 4. The maximum absolute atomic E-state index is 14.9. The molecule has 1 saturated heterocycles. The predicted octanol–water partition coefficient (Wildman–Crippen LogP) is 4.64. The van der Waals surface area contributed by atoms with Crippen molar-refractivity contribution in [3.05, 3.63) is 42.1 Å². The van der Waals surface area contributed by atoms with Gasteiger partial charge in [-0.25, -0.2) is 14.4 Å². The number of aromatic amines is 1. The molecule has 1 amide bonds. The molecule has 2 fully saturated rings. The van der Waals surface area contributed by atoms with E-state index in [9.17, 15) is 13.6 Å². The molecule has 5 rings (SSSR count). The number of halogens is 2. The Morgan fingerprint density at radius 1 is 1.24 bits per heavy atom. The Hall–Kier alpha value is -3.21. The summed E-state index contributed by atoms with van der Waals surface area (Å²) >= 11 is 1.36. The lowest BCUT2D eigenvalue weighted by Crippen LogP contribution is -2.60. The van der Waals surface area contributed by atoms with Gasteiger partial charge in [0.25, 0.3) is 0 Å². The Morgan fingerprint density at radius 2 is 2.00 bits per heavy atom. The van der Waals surface area contributed by atoms with Crippen molar-refractivity contribution in [1.29, 1.82) is 0 Å². The van der Waals surface area contributed by atoms with Gasteiger partial charge in [-0.1, -0.05) is 0 Å². The molecule has 34 heavy (non-hydrogen) atoms. The molecule has 0 bridgehead atoms. The average Bonchev–Trinajstić information content (AvgIpc) is 3.56. The topological polar surface area (TPSA) is 98.8 Å². The molecule has 178 valence electrons. The Kier molecular flexibility index (Phi) is 6.11. The highest BCUT2D eigenvalue weighted by Crippen LogP contribution is 2.48. The second-order valence-corrected chi connectivity index (χ2v) is 9.76. The van der Waals surface area contributed by atoms with Crippen molar-refractivity contribution >= 4 is 40.8 Å². The fraction of sp³-hybridized carbons (Fsp3) is 0.391. The van der Waals surface area contributed by atoms with Gasteiger partial charge in [0.05, 0.1) is 31.9 Å². The lowest BCUT2D eigenvalue weighted by Gasteiger charge is -2.45. The molecule has 1 saturated carbocycles. The van der Waals surface area contributed by atoms with Crippen LogP contribution in [0.15, 0.2) is 46.5 Å². The molecule has 2 aromatic heterocycles. The van der Waals surface area contributed by atoms with E-state index >= 15 is 0 Å². The summed E-state index contributed by atoms with van der Waals surface area (Å²) in [6, 6.07) is 10.8. The Labute approximate surface area is 199 Å². The Balaban J connectivity index is 1.34. The van der Waals surface area contributed by atoms with Gasteiger partial charge >= 0.3 is 0 Å². The zero-order chi connectivity index (χ0) is 23.7. The Morgan fingerprint density at radius 3 is 2.65 bits per heavy atom. The predicted molar refractivity (Wildman–Crippen MR) is 127 cm³/mol. The number of hydrogen-bond acceptors (Lipinski definition) is 7. The molecule has 0 unspecified atom stereocenters. The summed E-state index contributed by atoms with van der Waals surface area (Å²) in [7, 11) is 0. The third-order valence-corrected chi connectivity index (χ3v) is 6.74. The van der Waals surface area contributed by atoms with Crippen LogP contribution in [0, 0.1) is 12.8 Å². The standard InChI is InChI=1S/C23H25F2N7OS/c1-14-10-19(31-30-14)27-18-11-20(32-12-23(25,13-32)15-2-3-15)29-22(28-18)34-17-6-4-16(5-7-17)26-21(33)8-9-24/h4-7,10-11,15H,2-3,8-9,12-13H2,1H3,(H,26,33)(H2,27,28,29,30,31). The van der Waals surface area contributed by atoms with Gasteiger partial charge in [-0.05, 0) is 61.7 Å². The highest BCUT2D eigenvalue weighted by molar-refractivity contribution is 7.99. The molecule has 0 spiro atoms. The minimum absolute atomic E-state index is 0.166. The maximum atomic E-state index is 14.9. The van der Waals surface area contributed by atoms with Gasteiger partial charge in [0.15, 0.2) is 5.16 Å². The van der Waals surface area contributed by atoms with Gasteiger partial charge in [-0.3, -0.25) is 14.3 Å². The molecule has 2 aliphatic rings. The van der Waals surface area contributed by atoms with Crippen molar-refractivity contribution in [2.24, 2.45) is 5.92 Å². The molecule has 11 heteroatoms. The van der Waals surface area contributed by atoms with Gasteiger partial charge in [-0.15, -0.1) is 0 Å². The number of amides is 1. The van der Waals surface area contributed by atoms with Crippen LogP contribution in [-0.4, -0.2) is 51.5 Å². The number of nitrogens with one attached hydrogen (secondary N) is 3. The summed E-state index contributed by atoms with van der Waals surface area (Å²) in [5.41, 5.74) is 0.322. The monoisotopic (exact) mass is 485 g/mol. The van der Waals surface area contributed by atoms with E-state index in [-0.39, 0.29) is 18.2 Å². The smallest absolute Gasteiger partial charge is 0.227 e. The van der Waals surface area contributed by atoms with Crippen LogP contribution in [0.25, 0.3) is 0 Å². The van der Waals surface area contributed by atoms with Crippen molar-refractivity contribution in [1.82, 2.24) is 20.2 Å². The summed E-state index contributed by atoms with van der Waals surface area (Å²) < 4.78 is 27.2. The van der Waals surface area contributed by atoms with Gasteiger partial charge in [0.2, 0.25) is 5.91 Å². The van der Waals surface area contributed by atoms with Crippen LogP contribution in [0.2, 0.25) is 0 Å². The number of aryl methyl sites for hydroxylation is 1. The lowest BCUT2D eigenvalue weighted by molar-refractivity contribution is -0.116. The number of alkyl halides is 2. The van der Waals surface area contributed by atoms with Crippen molar-refractivity contribution in [2.75, 3.05) is 35.3 Å². The van der Waals surface area contributed by atoms with Crippen LogP contribution in [0.4, 0.5) is 31.9 Å². The van der Waals surface area contributed by atoms with Crippen molar-refractivity contribution in [3.8, 4) is 0 Å². The van der Waals surface area contributed by atoms with Crippen LogP contribution in [0.3, 0.4) is 0 Å². The van der Waals surface area contributed by atoms with Crippen molar-refractivity contribution in [3.63, 3.8) is 0 Å².